The molecule has 2 amide bonds. The second-order valence-electron chi connectivity index (χ2n) is 8.62. The molecule has 1 heterocycles. The zero-order chi connectivity index (χ0) is 23.0. The molecule has 4 heteroatoms. The van der Waals surface area contributed by atoms with Gasteiger partial charge in [0.2, 0.25) is 0 Å². The van der Waals surface area contributed by atoms with Crippen LogP contribution in [0, 0.1) is 27.7 Å². The molecule has 0 radical (unpaired) electrons. The molecule has 0 N–H and O–H groups in total. The van der Waals surface area contributed by atoms with Crippen LogP contribution >= 0.6 is 0 Å². The minimum Gasteiger partial charge on any atom is -0.365 e. The minimum absolute atomic E-state index is 0.274. The summed E-state index contributed by atoms with van der Waals surface area (Å²) in [7, 11) is 1.88. The molecule has 0 unspecified atom stereocenters. The van der Waals surface area contributed by atoms with Crippen molar-refractivity contribution < 1.29 is 9.59 Å². The molecule has 1 aliphatic rings. The van der Waals surface area contributed by atoms with E-state index in [1.165, 1.54) is 4.90 Å². The smallest absolute Gasteiger partial charge is 0.282 e. The number of anilines is 1. The summed E-state index contributed by atoms with van der Waals surface area (Å²) in [4.78, 5) is 30.8. The molecule has 32 heavy (non-hydrogen) atoms. The molecule has 0 fully saturated rings. The highest BCUT2D eigenvalue weighted by Crippen LogP contribution is 2.37. The third kappa shape index (κ3) is 3.84. The first-order valence-corrected chi connectivity index (χ1v) is 10.8. The number of hydrogen-bond acceptors (Lipinski definition) is 3. The Bertz CT molecular complexity index is 1240. The van der Waals surface area contributed by atoms with Gasteiger partial charge in [-0.3, -0.25) is 9.59 Å². The minimum atomic E-state index is -0.282. The van der Waals surface area contributed by atoms with Crippen molar-refractivity contribution >= 4 is 23.1 Å². The summed E-state index contributed by atoms with van der Waals surface area (Å²) >= 11 is 0. The monoisotopic (exact) mass is 424 g/mol. The van der Waals surface area contributed by atoms with Gasteiger partial charge in [-0.2, -0.15) is 0 Å². The number of imide groups is 1. The molecule has 0 spiro atoms. The van der Waals surface area contributed by atoms with Gasteiger partial charge in [0.1, 0.15) is 5.70 Å². The van der Waals surface area contributed by atoms with Crippen molar-refractivity contribution in [1.29, 1.82) is 0 Å². The number of nitrogens with zero attached hydrogens (tertiary/aromatic N) is 2. The van der Waals surface area contributed by atoms with Gasteiger partial charge >= 0.3 is 0 Å². The van der Waals surface area contributed by atoms with E-state index in [1.807, 2.05) is 100 Å². The zero-order valence-corrected chi connectivity index (χ0v) is 19.3. The van der Waals surface area contributed by atoms with Crippen molar-refractivity contribution in [3.63, 3.8) is 0 Å². The highest BCUT2D eigenvalue weighted by Gasteiger charge is 2.42. The first kappa shape index (κ1) is 21.6. The molecular weight excluding hydrogens is 396 g/mol. The van der Waals surface area contributed by atoms with Crippen molar-refractivity contribution in [1.82, 2.24) is 4.90 Å². The van der Waals surface area contributed by atoms with E-state index in [9.17, 15) is 9.59 Å². The fourth-order valence-electron chi connectivity index (χ4n) is 4.42. The summed E-state index contributed by atoms with van der Waals surface area (Å²) in [6.45, 7) is 8.48. The number of benzene rings is 3. The van der Waals surface area contributed by atoms with Gasteiger partial charge in [-0.15, -0.1) is 0 Å². The number of likely N-dealkylation sites (N-methyl/N-ethyl adjacent to an activating group) is 1. The molecule has 0 aliphatic carbocycles. The standard InChI is InChI=1S/C28H28N2O2/c1-18-11-13-23(20(3)15-18)25-26(29(5)17-22-9-7-6-8-10-22)28(32)30(27(25)31)24-14-12-19(2)16-21(24)4/h6-16H,17H2,1-5H3. The van der Waals surface area contributed by atoms with Crippen LogP contribution in [0.4, 0.5) is 5.69 Å². The molecule has 0 saturated carbocycles. The molecule has 4 nitrogen and oxygen atoms in total. The predicted octanol–water partition coefficient (Wildman–Crippen LogP) is 5.34. The van der Waals surface area contributed by atoms with Crippen LogP contribution in [0.1, 0.15) is 33.4 Å². The topological polar surface area (TPSA) is 40.6 Å². The largest absolute Gasteiger partial charge is 0.365 e. The van der Waals surface area contributed by atoms with Crippen LogP contribution in [0.15, 0.2) is 72.4 Å². The van der Waals surface area contributed by atoms with E-state index in [-0.39, 0.29) is 11.8 Å². The lowest BCUT2D eigenvalue weighted by Crippen LogP contribution is -2.34. The van der Waals surface area contributed by atoms with Crippen molar-refractivity contribution in [2.24, 2.45) is 0 Å². The van der Waals surface area contributed by atoms with Gasteiger partial charge in [-0.1, -0.05) is 71.8 Å². The average Bonchev–Trinajstić information content (AvgIpc) is 2.99. The van der Waals surface area contributed by atoms with Crippen molar-refractivity contribution in [3.05, 3.63) is 106 Å². The van der Waals surface area contributed by atoms with Crippen molar-refractivity contribution in [2.75, 3.05) is 11.9 Å². The molecule has 162 valence electrons. The highest BCUT2D eigenvalue weighted by molar-refractivity contribution is 6.45. The van der Waals surface area contributed by atoms with Crippen molar-refractivity contribution in [2.45, 2.75) is 34.2 Å². The van der Waals surface area contributed by atoms with Crippen LogP contribution < -0.4 is 4.90 Å². The maximum atomic E-state index is 13.8. The molecule has 3 aromatic carbocycles. The normalized spacial score (nSPS) is 13.8. The molecule has 0 bridgehead atoms. The molecule has 3 aromatic rings. The van der Waals surface area contributed by atoms with Crippen LogP contribution in [0.2, 0.25) is 0 Å². The van der Waals surface area contributed by atoms with E-state index >= 15 is 0 Å². The van der Waals surface area contributed by atoms with Gasteiger partial charge in [-0.05, 0) is 56.0 Å². The first-order chi connectivity index (χ1) is 15.3. The van der Waals surface area contributed by atoms with Crippen LogP contribution in [0.5, 0.6) is 0 Å². The predicted molar refractivity (Wildman–Crippen MR) is 129 cm³/mol. The lowest BCUT2D eigenvalue weighted by Gasteiger charge is -2.22. The Balaban J connectivity index is 1.85. The third-order valence-electron chi connectivity index (χ3n) is 5.95. The third-order valence-corrected chi connectivity index (χ3v) is 5.95. The average molecular weight is 425 g/mol. The van der Waals surface area contributed by atoms with E-state index in [0.717, 1.165) is 33.4 Å². The number of aryl methyl sites for hydroxylation is 4. The van der Waals surface area contributed by atoms with Gasteiger partial charge in [0, 0.05) is 13.6 Å². The Morgan fingerprint density at radius 2 is 1.38 bits per heavy atom. The quantitative estimate of drug-likeness (QED) is 0.519. The van der Waals surface area contributed by atoms with Crippen LogP contribution in [-0.2, 0) is 16.1 Å². The summed E-state index contributed by atoms with van der Waals surface area (Å²) in [6.07, 6.45) is 0. The Labute approximate surface area is 189 Å². The fraction of sp³-hybridized carbons (Fsp3) is 0.214. The Morgan fingerprint density at radius 3 is 2.00 bits per heavy atom. The maximum absolute atomic E-state index is 13.8. The molecule has 0 aromatic heterocycles. The van der Waals surface area contributed by atoms with E-state index in [0.29, 0.717) is 23.5 Å². The van der Waals surface area contributed by atoms with Crippen molar-refractivity contribution in [3.8, 4) is 0 Å². The summed E-state index contributed by atoms with van der Waals surface area (Å²) in [5.74, 6) is -0.556. The molecular formula is C28H28N2O2. The fourth-order valence-corrected chi connectivity index (χ4v) is 4.42. The molecule has 0 atom stereocenters. The first-order valence-electron chi connectivity index (χ1n) is 10.8. The number of hydrogen-bond donors (Lipinski definition) is 0. The maximum Gasteiger partial charge on any atom is 0.282 e. The van der Waals surface area contributed by atoms with E-state index in [2.05, 4.69) is 6.07 Å². The van der Waals surface area contributed by atoms with E-state index in [1.54, 1.807) is 0 Å². The van der Waals surface area contributed by atoms with Crippen LogP contribution in [-0.4, -0.2) is 23.8 Å². The summed E-state index contributed by atoms with van der Waals surface area (Å²) in [6, 6.07) is 21.8. The molecule has 1 aliphatic heterocycles. The van der Waals surface area contributed by atoms with Crippen LogP contribution in [0.25, 0.3) is 5.57 Å². The van der Waals surface area contributed by atoms with Gasteiger partial charge < -0.3 is 4.90 Å². The second kappa shape index (κ2) is 8.46. The molecule has 0 saturated heterocycles. The summed E-state index contributed by atoms with van der Waals surface area (Å²) in [5.41, 5.74) is 7.51. The number of rotatable bonds is 5. The lowest BCUT2D eigenvalue weighted by molar-refractivity contribution is -0.120. The Kier molecular flexibility index (Phi) is 5.70. The molecule has 4 rings (SSSR count). The zero-order valence-electron chi connectivity index (χ0n) is 19.3. The van der Waals surface area contributed by atoms with Gasteiger partial charge in [0.25, 0.3) is 11.8 Å². The number of amides is 2. The lowest BCUT2D eigenvalue weighted by atomic mass is 9.97. The van der Waals surface area contributed by atoms with Gasteiger partial charge in [-0.25, -0.2) is 4.90 Å². The van der Waals surface area contributed by atoms with E-state index in [4.69, 9.17) is 0 Å². The van der Waals surface area contributed by atoms with E-state index < -0.39 is 0 Å². The Morgan fingerprint density at radius 1 is 0.750 bits per heavy atom. The Hall–Kier alpha value is -3.66. The van der Waals surface area contributed by atoms with Gasteiger partial charge in [0.05, 0.1) is 11.3 Å². The van der Waals surface area contributed by atoms with Crippen LogP contribution in [0.3, 0.4) is 0 Å². The SMILES string of the molecule is Cc1ccc(C2=C(N(C)Cc3ccccc3)C(=O)N(c3ccc(C)cc3C)C2=O)c(C)c1. The summed E-state index contributed by atoms with van der Waals surface area (Å²) in [5, 5.41) is 0. The van der Waals surface area contributed by atoms with Gasteiger partial charge in [0.15, 0.2) is 0 Å². The number of carbonyl (C=O) groups is 2. The highest BCUT2D eigenvalue weighted by atomic mass is 16.2. The second-order valence-corrected chi connectivity index (χ2v) is 8.62. The summed E-state index contributed by atoms with van der Waals surface area (Å²) < 4.78 is 0. The number of carbonyl (C=O) groups excluding carboxylic acids is 2.